The minimum Gasteiger partial charge on any atom is -0.495 e. The molecule has 0 heterocycles. The second-order valence-electron chi connectivity index (χ2n) is 5.52. The third-order valence-electron chi connectivity index (χ3n) is 3.49. The smallest absolute Gasteiger partial charge is 0.271 e. The van der Waals surface area contributed by atoms with Crippen LogP contribution in [0.25, 0.3) is 0 Å². The number of carbonyl (C=O) groups is 2. The number of hydrogen-bond acceptors (Lipinski definition) is 6. The van der Waals surface area contributed by atoms with Crippen LogP contribution in [-0.4, -0.2) is 29.6 Å². The average molecular weight is 370 g/mol. The summed E-state index contributed by atoms with van der Waals surface area (Å²) in [5.41, 5.74) is 3.34. The lowest BCUT2D eigenvalue weighted by atomic mass is 10.2. The molecule has 9 heteroatoms. The van der Waals surface area contributed by atoms with Crippen LogP contribution < -0.4 is 15.5 Å². The van der Waals surface area contributed by atoms with Crippen LogP contribution in [0.1, 0.15) is 23.7 Å². The first-order valence-electron chi connectivity index (χ1n) is 7.91. The largest absolute Gasteiger partial charge is 0.495 e. The SMILES string of the molecule is COc1ccccc1NC(=O)CC(C)=NNC(=O)c1ccc([N+](=O)[O-])cc1. The fourth-order valence-corrected chi connectivity index (χ4v) is 2.16. The van der Waals surface area contributed by atoms with Crippen molar-refractivity contribution >= 4 is 28.9 Å². The Morgan fingerprint density at radius 1 is 1.15 bits per heavy atom. The molecule has 2 aromatic rings. The fourth-order valence-electron chi connectivity index (χ4n) is 2.16. The Morgan fingerprint density at radius 2 is 1.81 bits per heavy atom. The number of anilines is 1. The van der Waals surface area contributed by atoms with Crippen molar-refractivity contribution in [3.63, 3.8) is 0 Å². The van der Waals surface area contributed by atoms with Crippen molar-refractivity contribution in [2.45, 2.75) is 13.3 Å². The molecule has 0 saturated carbocycles. The van der Waals surface area contributed by atoms with Crippen LogP contribution in [0.3, 0.4) is 0 Å². The molecule has 0 atom stereocenters. The first-order valence-corrected chi connectivity index (χ1v) is 7.91. The number of non-ortho nitro benzene ring substituents is 1. The lowest BCUT2D eigenvalue weighted by Crippen LogP contribution is -2.21. The van der Waals surface area contributed by atoms with Crippen molar-refractivity contribution in [3.8, 4) is 5.75 Å². The summed E-state index contributed by atoms with van der Waals surface area (Å²) in [5, 5.41) is 17.2. The van der Waals surface area contributed by atoms with Gasteiger partial charge in [-0.2, -0.15) is 5.10 Å². The maximum atomic E-state index is 12.1. The number of para-hydroxylation sites is 2. The highest BCUT2D eigenvalue weighted by Crippen LogP contribution is 2.23. The van der Waals surface area contributed by atoms with Crippen LogP contribution in [0.15, 0.2) is 53.6 Å². The normalized spacial score (nSPS) is 10.8. The minimum atomic E-state index is -0.551. The van der Waals surface area contributed by atoms with E-state index >= 15 is 0 Å². The molecule has 0 aliphatic heterocycles. The number of nitro groups is 1. The monoisotopic (exact) mass is 370 g/mol. The molecule has 0 bridgehead atoms. The molecular weight excluding hydrogens is 352 g/mol. The van der Waals surface area contributed by atoms with Gasteiger partial charge in [0.2, 0.25) is 5.91 Å². The van der Waals surface area contributed by atoms with Gasteiger partial charge in [-0.3, -0.25) is 19.7 Å². The van der Waals surface area contributed by atoms with Crippen LogP contribution in [0, 0.1) is 10.1 Å². The summed E-state index contributed by atoms with van der Waals surface area (Å²) in [6, 6.07) is 12.1. The molecule has 0 unspecified atom stereocenters. The molecule has 0 aromatic heterocycles. The topological polar surface area (TPSA) is 123 Å². The zero-order chi connectivity index (χ0) is 19.8. The van der Waals surface area contributed by atoms with Crippen molar-refractivity contribution in [2.75, 3.05) is 12.4 Å². The fraction of sp³-hybridized carbons (Fsp3) is 0.167. The quantitative estimate of drug-likeness (QED) is 0.441. The van der Waals surface area contributed by atoms with Gasteiger partial charge in [0, 0.05) is 23.4 Å². The molecule has 140 valence electrons. The van der Waals surface area contributed by atoms with Crippen LogP contribution >= 0.6 is 0 Å². The molecule has 2 rings (SSSR count). The zero-order valence-electron chi connectivity index (χ0n) is 14.8. The van der Waals surface area contributed by atoms with E-state index in [2.05, 4.69) is 15.8 Å². The Balaban J connectivity index is 1.92. The van der Waals surface area contributed by atoms with Gasteiger partial charge < -0.3 is 10.1 Å². The lowest BCUT2D eigenvalue weighted by Gasteiger charge is -2.09. The molecule has 0 spiro atoms. The number of methoxy groups -OCH3 is 1. The number of carbonyl (C=O) groups excluding carboxylic acids is 2. The number of ether oxygens (including phenoxy) is 1. The molecule has 2 aromatic carbocycles. The maximum Gasteiger partial charge on any atom is 0.271 e. The number of nitrogens with one attached hydrogen (secondary N) is 2. The summed E-state index contributed by atoms with van der Waals surface area (Å²) in [7, 11) is 1.51. The van der Waals surface area contributed by atoms with Crippen molar-refractivity contribution in [1.29, 1.82) is 0 Å². The van der Waals surface area contributed by atoms with Crippen LogP contribution in [0.2, 0.25) is 0 Å². The Bertz CT molecular complexity index is 878. The first kappa shape index (κ1) is 19.6. The molecule has 2 amide bonds. The van der Waals surface area contributed by atoms with Crippen LogP contribution in [-0.2, 0) is 4.79 Å². The van der Waals surface area contributed by atoms with Crippen molar-refractivity contribution < 1.29 is 19.2 Å². The van der Waals surface area contributed by atoms with Gasteiger partial charge in [-0.05, 0) is 31.2 Å². The molecular formula is C18H18N4O5. The number of nitro benzene ring substituents is 1. The highest BCUT2D eigenvalue weighted by molar-refractivity contribution is 6.06. The van der Waals surface area contributed by atoms with E-state index in [0.29, 0.717) is 17.1 Å². The van der Waals surface area contributed by atoms with E-state index in [-0.39, 0.29) is 23.6 Å². The average Bonchev–Trinajstić information content (AvgIpc) is 2.66. The second kappa shape index (κ2) is 9.09. The molecule has 0 aliphatic carbocycles. The molecule has 0 fully saturated rings. The van der Waals surface area contributed by atoms with Crippen molar-refractivity contribution in [2.24, 2.45) is 5.10 Å². The molecule has 2 N–H and O–H groups in total. The molecule has 0 radical (unpaired) electrons. The predicted molar refractivity (Wildman–Crippen MR) is 99.9 cm³/mol. The van der Waals surface area contributed by atoms with Gasteiger partial charge >= 0.3 is 0 Å². The van der Waals surface area contributed by atoms with E-state index in [9.17, 15) is 19.7 Å². The van der Waals surface area contributed by atoms with Gasteiger partial charge in [0.05, 0.1) is 24.1 Å². The molecule has 0 aliphatic rings. The number of rotatable bonds is 7. The van der Waals surface area contributed by atoms with Crippen LogP contribution in [0.5, 0.6) is 5.75 Å². The third-order valence-corrected chi connectivity index (χ3v) is 3.49. The lowest BCUT2D eigenvalue weighted by molar-refractivity contribution is -0.384. The highest BCUT2D eigenvalue weighted by Gasteiger charge is 2.11. The Labute approximate surface area is 155 Å². The number of amides is 2. The van der Waals surface area contributed by atoms with Gasteiger partial charge in [0.25, 0.3) is 11.6 Å². The number of hydrazone groups is 1. The maximum absolute atomic E-state index is 12.1. The number of benzene rings is 2. The summed E-state index contributed by atoms with van der Waals surface area (Å²) in [6.07, 6.45) is -0.0292. The second-order valence-corrected chi connectivity index (χ2v) is 5.52. The molecule has 9 nitrogen and oxygen atoms in total. The van der Waals surface area contributed by atoms with Gasteiger partial charge in [-0.15, -0.1) is 0 Å². The molecule has 27 heavy (non-hydrogen) atoms. The predicted octanol–water partition coefficient (Wildman–Crippen LogP) is 2.74. The van der Waals surface area contributed by atoms with E-state index in [4.69, 9.17) is 4.74 Å². The van der Waals surface area contributed by atoms with Gasteiger partial charge in [0.1, 0.15) is 5.75 Å². The van der Waals surface area contributed by atoms with E-state index in [0.717, 1.165) is 0 Å². The van der Waals surface area contributed by atoms with E-state index in [1.807, 2.05) is 0 Å². The summed E-state index contributed by atoms with van der Waals surface area (Å²) >= 11 is 0. The van der Waals surface area contributed by atoms with Crippen molar-refractivity contribution in [1.82, 2.24) is 5.43 Å². The van der Waals surface area contributed by atoms with Gasteiger partial charge in [-0.25, -0.2) is 5.43 Å². The standard InChI is InChI=1S/C18H18N4O5/c1-12(11-17(23)19-15-5-3-4-6-16(15)27-2)20-21-18(24)13-7-9-14(10-8-13)22(25)26/h3-10H,11H2,1-2H3,(H,19,23)(H,21,24). The number of nitrogens with zero attached hydrogens (tertiary/aromatic N) is 2. The Morgan fingerprint density at radius 3 is 2.44 bits per heavy atom. The number of hydrogen-bond donors (Lipinski definition) is 2. The third kappa shape index (κ3) is 5.63. The van der Waals surface area contributed by atoms with Crippen molar-refractivity contribution in [3.05, 3.63) is 64.2 Å². The summed E-state index contributed by atoms with van der Waals surface area (Å²) < 4.78 is 5.16. The van der Waals surface area contributed by atoms with E-state index in [1.165, 1.54) is 31.4 Å². The van der Waals surface area contributed by atoms with E-state index < -0.39 is 10.8 Å². The first-order chi connectivity index (χ1) is 12.9. The summed E-state index contributed by atoms with van der Waals surface area (Å²) in [6.45, 7) is 1.60. The van der Waals surface area contributed by atoms with Gasteiger partial charge in [0.15, 0.2) is 0 Å². The summed E-state index contributed by atoms with van der Waals surface area (Å²) in [4.78, 5) is 34.1. The van der Waals surface area contributed by atoms with Crippen LogP contribution in [0.4, 0.5) is 11.4 Å². The summed E-state index contributed by atoms with van der Waals surface area (Å²) in [5.74, 6) is -0.313. The zero-order valence-corrected chi connectivity index (χ0v) is 14.8. The minimum absolute atomic E-state index is 0.0292. The van der Waals surface area contributed by atoms with Gasteiger partial charge in [-0.1, -0.05) is 12.1 Å². The Hall–Kier alpha value is -3.75. The highest BCUT2D eigenvalue weighted by atomic mass is 16.6. The Kier molecular flexibility index (Phi) is 6.59. The molecule has 0 saturated heterocycles. The van der Waals surface area contributed by atoms with E-state index in [1.54, 1.807) is 31.2 Å².